The third kappa shape index (κ3) is 4.06. The van der Waals surface area contributed by atoms with Gasteiger partial charge in [-0.1, -0.05) is 28.1 Å². The minimum Gasteiger partial charge on any atom is -0.322 e. The summed E-state index contributed by atoms with van der Waals surface area (Å²) in [6.45, 7) is 4.42. The number of aryl methyl sites for hydroxylation is 1. The van der Waals surface area contributed by atoms with Crippen LogP contribution in [0.4, 0.5) is 5.69 Å². The van der Waals surface area contributed by atoms with Crippen LogP contribution in [0.1, 0.15) is 19.4 Å². The fourth-order valence-electron chi connectivity index (χ4n) is 1.79. The average Bonchev–Trinajstić information content (AvgIpc) is 2.87. The molecule has 114 valence electrons. The molecule has 21 heavy (non-hydrogen) atoms. The van der Waals surface area contributed by atoms with E-state index in [4.69, 9.17) is 5.73 Å². The minimum absolute atomic E-state index is 0. The van der Waals surface area contributed by atoms with Crippen LogP contribution in [-0.4, -0.2) is 15.7 Å². The van der Waals surface area contributed by atoms with E-state index >= 15 is 0 Å². The molecular weight excluding hydrogens is 356 g/mol. The van der Waals surface area contributed by atoms with Crippen LogP contribution in [0.2, 0.25) is 0 Å². The number of amides is 1. The molecule has 0 radical (unpaired) electrons. The van der Waals surface area contributed by atoms with Crippen molar-refractivity contribution in [3.8, 4) is 0 Å². The SMILES string of the molecule is CCn1cc(NC(=O)C(C)(N)c2ccc(Br)cc2)cn1.Cl. The molecule has 5 nitrogen and oxygen atoms in total. The van der Waals surface area contributed by atoms with E-state index in [1.54, 1.807) is 24.0 Å². The lowest BCUT2D eigenvalue weighted by molar-refractivity contribution is -0.120. The number of benzene rings is 1. The van der Waals surface area contributed by atoms with Crippen LogP contribution in [0, 0.1) is 0 Å². The predicted octanol–water partition coefficient (Wildman–Crippen LogP) is 2.90. The fraction of sp³-hybridized carbons (Fsp3) is 0.286. The number of hydrogen-bond acceptors (Lipinski definition) is 3. The highest BCUT2D eigenvalue weighted by Crippen LogP contribution is 2.22. The van der Waals surface area contributed by atoms with Crippen molar-refractivity contribution in [2.24, 2.45) is 5.73 Å². The van der Waals surface area contributed by atoms with E-state index in [9.17, 15) is 4.79 Å². The Morgan fingerprint density at radius 2 is 2.05 bits per heavy atom. The van der Waals surface area contributed by atoms with Crippen LogP contribution in [-0.2, 0) is 16.9 Å². The number of hydrogen-bond donors (Lipinski definition) is 2. The van der Waals surface area contributed by atoms with Crippen molar-refractivity contribution in [2.45, 2.75) is 25.9 Å². The third-order valence-electron chi connectivity index (χ3n) is 3.13. The van der Waals surface area contributed by atoms with Gasteiger partial charge in [-0.25, -0.2) is 0 Å². The second kappa shape index (κ2) is 7.06. The van der Waals surface area contributed by atoms with Crippen molar-refractivity contribution < 1.29 is 4.79 Å². The Bertz CT molecular complexity index is 610. The molecule has 1 unspecified atom stereocenters. The summed E-state index contributed by atoms with van der Waals surface area (Å²) in [5.74, 6) is -0.268. The molecule has 1 heterocycles. The van der Waals surface area contributed by atoms with Gasteiger partial charge in [0.25, 0.3) is 0 Å². The van der Waals surface area contributed by atoms with Gasteiger partial charge >= 0.3 is 0 Å². The topological polar surface area (TPSA) is 72.9 Å². The second-order valence-corrected chi connectivity index (χ2v) is 5.66. The summed E-state index contributed by atoms with van der Waals surface area (Å²) in [6.07, 6.45) is 3.38. The first-order chi connectivity index (χ1) is 9.43. The number of aromatic nitrogens is 2. The standard InChI is InChI=1S/C14H17BrN4O.ClH/c1-3-19-9-12(8-17-19)18-13(20)14(2,16)10-4-6-11(15)7-5-10;/h4-9H,3,16H2,1-2H3,(H,18,20);1H. The number of carbonyl (C=O) groups is 1. The number of nitrogens with two attached hydrogens (primary N) is 1. The van der Waals surface area contributed by atoms with E-state index in [1.165, 1.54) is 0 Å². The maximum Gasteiger partial charge on any atom is 0.248 e. The Morgan fingerprint density at radius 3 is 2.57 bits per heavy atom. The van der Waals surface area contributed by atoms with Crippen molar-refractivity contribution in [3.05, 3.63) is 46.7 Å². The van der Waals surface area contributed by atoms with Gasteiger partial charge in [-0.05, 0) is 31.5 Å². The van der Waals surface area contributed by atoms with Crippen LogP contribution < -0.4 is 11.1 Å². The van der Waals surface area contributed by atoms with E-state index in [-0.39, 0.29) is 18.3 Å². The van der Waals surface area contributed by atoms with Crippen LogP contribution in [0.3, 0.4) is 0 Å². The number of nitrogens with zero attached hydrogens (tertiary/aromatic N) is 2. The Kier molecular flexibility index (Phi) is 5.95. The third-order valence-corrected chi connectivity index (χ3v) is 3.66. The van der Waals surface area contributed by atoms with Crippen LogP contribution >= 0.6 is 28.3 Å². The van der Waals surface area contributed by atoms with Crippen molar-refractivity contribution in [1.82, 2.24) is 9.78 Å². The van der Waals surface area contributed by atoms with Crippen LogP contribution in [0.5, 0.6) is 0 Å². The molecule has 0 saturated carbocycles. The molecule has 1 atom stereocenters. The monoisotopic (exact) mass is 372 g/mol. The van der Waals surface area contributed by atoms with E-state index in [2.05, 4.69) is 26.3 Å². The first kappa shape index (κ1) is 17.7. The molecule has 2 rings (SSSR count). The lowest BCUT2D eigenvalue weighted by atomic mass is 9.92. The molecule has 2 aromatic rings. The number of rotatable bonds is 4. The van der Waals surface area contributed by atoms with Gasteiger partial charge in [0.1, 0.15) is 5.54 Å². The van der Waals surface area contributed by atoms with Crippen LogP contribution in [0.25, 0.3) is 0 Å². The van der Waals surface area contributed by atoms with Crippen molar-refractivity contribution in [3.63, 3.8) is 0 Å². The number of anilines is 1. The van der Waals surface area contributed by atoms with Gasteiger partial charge in [-0.3, -0.25) is 9.48 Å². The summed E-state index contributed by atoms with van der Waals surface area (Å²) in [5.41, 5.74) is 6.46. The normalized spacial score (nSPS) is 13.1. The molecule has 0 aliphatic carbocycles. The number of carbonyl (C=O) groups excluding carboxylic acids is 1. The molecule has 0 spiro atoms. The predicted molar refractivity (Wildman–Crippen MR) is 89.5 cm³/mol. The Labute approximate surface area is 138 Å². The van der Waals surface area contributed by atoms with Gasteiger partial charge in [-0.15, -0.1) is 12.4 Å². The lowest BCUT2D eigenvalue weighted by Crippen LogP contribution is -2.45. The van der Waals surface area contributed by atoms with Gasteiger partial charge in [-0.2, -0.15) is 5.10 Å². The van der Waals surface area contributed by atoms with Crippen molar-refractivity contribution in [1.29, 1.82) is 0 Å². The fourth-order valence-corrected chi connectivity index (χ4v) is 2.05. The van der Waals surface area contributed by atoms with E-state index in [0.29, 0.717) is 5.69 Å². The molecule has 0 saturated heterocycles. The number of nitrogens with one attached hydrogen (secondary N) is 1. The van der Waals surface area contributed by atoms with Gasteiger partial charge in [0, 0.05) is 17.2 Å². The zero-order chi connectivity index (χ0) is 14.8. The minimum atomic E-state index is -1.10. The van der Waals surface area contributed by atoms with E-state index < -0.39 is 5.54 Å². The molecule has 0 aliphatic heterocycles. The molecule has 0 aliphatic rings. The average molecular weight is 374 g/mol. The van der Waals surface area contributed by atoms with Crippen LogP contribution in [0.15, 0.2) is 41.1 Å². The first-order valence-electron chi connectivity index (χ1n) is 6.32. The Morgan fingerprint density at radius 1 is 1.43 bits per heavy atom. The molecule has 0 fully saturated rings. The molecule has 1 aromatic heterocycles. The highest BCUT2D eigenvalue weighted by atomic mass is 79.9. The highest BCUT2D eigenvalue weighted by Gasteiger charge is 2.30. The summed E-state index contributed by atoms with van der Waals surface area (Å²) in [4.78, 5) is 12.3. The van der Waals surface area contributed by atoms with E-state index in [0.717, 1.165) is 16.6 Å². The van der Waals surface area contributed by atoms with Crippen molar-refractivity contribution >= 4 is 39.9 Å². The zero-order valence-electron chi connectivity index (χ0n) is 11.8. The molecule has 3 N–H and O–H groups in total. The Hall–Kier alpha value is -1.37. The summed E-state index contributed by atoms with van der Waals surface area (Å²) < 4.78 is 2.69. The van der Waals surface area contributed by atoms with Gasteiger partial charge in [0.2, 0.25) is 5.91 Å². The molecule has 7 heteroatoms. The first-order valence-corrected chi connectivity index (χ1v) is 7.11. The van der Waals surface area contributed by atoms with Gasteiger partial charge in [0.15, 0.2) is 0 Å². The van der Waals surface area contributed by atoms with Crippen molar-refractivity contribution in [2.75, 3.05) is 5.32 Å². The van der Waals surface area contributed by atoms with E-state index in [1.807, 2.05) is 31.2 Å². The number of halogens is 2. The summed E-state index contributed by atoms with van der Waals surface area (Å²) in [6, 6.07) is 7.39. The maximum atomic E-state index is 12.3. The zero-order valence-corrected chi connectivity index (χ0v) is 14.2. The highest BCUT2D eigenvalue weighted by molar-refractivity contribution is 9.10. The summed E-state index contributed by atoms with van der Waals surface area (Å²) >= 11 is 3.36. The van der Waals surface area contributed by atoms with Gasteiger partial charge in [0.05, 0.1) is 11.9 Å². The largest absolute Gasteiger partial charge is 0.322 e. The van der Waals surface area contributed by atoms with Gasteiger partial charge < -0.3 is 11.1 Å². The smallest absolute Gasteiger partial charge is 0.248 e. The molecule has 1 aromatic carbocycles. The summed E-state index contributed by atoms with van der Waals surface area (Å²) in [7, 11) is 0. The lowest BCUT2D eigenvalue weighted by Gasteiger charge is -2.23. The Balaban J connectivity index is 0.00000220. The maximum absolute atomic E-state index is 12.3. The second-order valence-electron chi connectivity index (χ2n) is 4.75. The quantitative estimate of drug-likeness (QED) is 0.865. The molecule has 1 amide bonds. The summed E-state index contributed by atoms with van der Waals surface area (Å²) in [5, 5.41) is 6.90. The molecule has 0 bridgehead atoms. The molecular formula is C14H18BrClN4O.